The van der Waals surface area contributed by atoms with Crippen molar-refractivity contribution in [2.75, 3.05) is 19.6 Å². The van der Waals surface area contributed by atoms with E-state index in [4.69, 9.17) is 0 Å². The number of hydrogen-bond donors (Lipinski definition) is 1. The van der Waals surface area contributed by atoms with Gasteiger partial charge in [0.15, 0.2) is 0 Å². The van der Waals surface area contributed by atoms with E-state index in [2.05, 4.69) is 40.5 Å². The maximum Gasteiger partial charge on any atom is 0.0233 e. The van der Waals surface area contributed by atoms with E-state index >= 15 is 0 Å². The highest BCUT2D eigenvalue weighted by molar-refractivity contribution is 5.14. The fourth-order valence-corrected chi connectivity index (χ4v) is 3.93. The third kappa shape index (κ3) is 4.82. The van der Waals surface area contributed by atoms with Crippen LogP contribution in [0.25, 0.3) is 0 Å². The van der Waals surface area contributed by atoms with Crippen LogP contribution >= 0.6 is 0 Å². The highest BCUT2D eigenvalue weighted by Gasteiger charge is 2.19. The van der Waals surface area contributed by atoms with Crippen molar-refractivity contribution < 1.29 is 0 Å². The molecule has 1 aromatic carbocycles. The molecule has 2 fully saturated rings. The molecule has 0 unspecified atom stereocenters. The largest absolute Gasteiger partial charge is 0.314 e. The minimum Gasteiger partial charge on any atom is -0.314 e. The molecule has 0 aromatic heterocycles. The summed E-state index contributed by atoms with van der Waals surface area (Å²) in [4.78, 5) is 2.60. The lowest BCUT2D eigenvalue weighted by Crippen LogP contribution is -2.42. The summed E-state index contributed by atoms with van der Waals surface area (Å²) in [6, 6.07) is 11.6. The second kappa shape index (κ2) is 7.95. The van der Waals surface area contributed by atoms with Gasteiger partial charge in [-0.25, -0.2) is 0 Å². The highest BCUT2D eigenvalue weighted by atomic mass is 15.1. The number of piperidine rings is 1. The van der Waals surface area contributed by atoms with Gasteiger partial charge in [0.05, 0.1) is 0 Å². The van der Waals surface area contributed by atoms with Gasteiger partial charge in [0.25, 0.3) is 0 Å². The summed E-state index contributed by atoms with van der Waals surface area (Å²) in [5.41, 5.74) is 1.45. The topological polar surface area (TPSA) is 15.3 Å². The van der Waals surface area contributed by atoms with E-state index in [9.17, 15) is 0 Å². The monoisotopic (exact) mass is 286 g/mol. The smallest absolute Gasteiger partial charge is 0.0233 e. The van der Waals surface area contributed by atoms with Crippen LogP contribution < -0.4 is 5.32 Å². The van der Waals surface area contributed by atoms with Crippen molar-refractivity contribution >= 4 is 0 Å². The van der Waals surface area contributed by atoms with Crippen LogP contribution in [0, 0.1) is 5.92 Å². The second-order valence-corrected chi connectivity index (χ2v) is 6.93. The lowest BCUT2D eigenvalue weighted by atomic mass is 10.0. The molecule has 116 valence electrons. The molecule has 1 heterocycles. The van der Waals surface area contributed by atoms with Gasteiger partial charge >= 0.3 is 0 Å². The zero-order chi connectivity index (χ0) is 14.3. The fraction of sp³-hybridized carbons (Fsp3) is 0.684. The minimum atomic E-state index is 0.762. The molecule has 2 aliphatic rings. The molecule has 0 radical (unpaired) electrons. The van der Waals surface area contributed by atoms with E-state index in [0.29, 0.717) is 0 Å². The summed E-state index contributed by atoms with van der Waals surface area (Å²) >= 11 is 0. The van der Waals surface area contributed by atoms with Crippen LogP contribution in [0.2, 0.25) is 0 Å². The van der Waals surface area contributed by atoms with Gasteiger partial charge in [0, 0.05) is 12.6 Å². The van der Waals surface area contributed by atoms with Crippen molar-refractivity contribution in [1.82, 2.24) is 10.2 Å². The summed E-state index contributed by atoms with van der Waals surface area (Å²) in [5, 5.41) is 3.81. The molecule has 2 heteroatoms. The van der Waals surface area contributed by atoms with E-state index in [1.807, 2.05) is 0 Å². The first-order valence-corrected chi connectivity index (χ1v) is 8.90. The summed E-state index contributed by atoms with van der Waals surface area (Å²) in [6.07, 6.45) is 9.96. The van der Waals surface area contributed by atoms with E-state index < -0.39 is 0 Å². The van der Waals surface area contributed by atoms with E-state index in [0.717, 1.165) is 18.5 Å². The van der Waals surface area contributed by atoms with Crippen molar-refractivity contribution in [2.45, 2.75) is 57.5 Å². The van der Waals surface area contributed by atoms with Crippen LogP contribution in [-0.4, -0.2) is 30.6 Å². The van der Waals surface area contributed by atoms with Crippen LogP contribution in [-0.2, 0) is 6.54 Å². The first-order chi connectivity index (χ1) is 10.4. The first kappa shape index (κ1) is 15.1. The van der Waals surface area contributed by atoms with E-state index in [-0.39, 0.29) is 0 Å². The summed E-state index contributed by atoms with van der Waals surface area (Å²) in [5.74, 6) is 1.02. The van der Waals surface area contributed by atoms with Crippen LogP contribution in [0.15, 0.2) is 30.3 Å². The zero-order valence-electron chi connectivity index (χ0n) is 13.3. The summed E-state index contributed by atoms with van der Waals surface area (Å²) in [7, 11) is 0. The molecule has 1 saturated heterocycles. The molecular formula is C19H30N2. The molecule has 0 atom stereocenters. The van der Waals surface area contributed by atoms with Gasteiger partial charge in [-0.2, -0.15) is 0 Å². The number of hydrogen-bond acceptors (Lipinski definition) is 2. The number of likely N-dealkylation sites (tertiary alicyclic amines) is 1. The van der Waals surface area contributed by atoms with Gasteiger partial charge < -0.3 is 5.32 Å². The average molecular weight is 286 g/mol. The third-order valence-corrected chi connectivity index (χ3v) is 5.30. The highest BCUT2D eigenvalue weighted by Crippen LogP contribution is 2.27. The standard InChI is InChI=1S/C19H30N2/c1-2-8-18(9-3-1)16-21-14-11-19(12-15-21)20-13-10-17-6-4-5-7-17/h1-3,8-9,17,19-20H,4-7,10-16H2. The average Bonchev–Trinajstić information content (AvgIpc) is 3.03. The molecule has 0 spiro atoms. The number of benzene rings is 1. The van der Waals surface area contributed by atoms with Gasteiger partial charge in [0.2, 0.25) is 0 Å². The Morgan fingerprint density at radius 1 is 0.952 bits per heavy atom. The molecule has 0 bridgehead atoms. The van der Waals surface area contributed by atoms with Gasteiger partial charge in [-0.1, -0.05) is 56.0 Å². The third-order valence-electron chi connectivity index (χ3n) is 5.30. The zero-order valence-corrected chi connectivity index (χ0v) is 13.3. The molecule has 21 heavy (non-hydrogen) atoms. The Hall–Kier alpha value is -0.860. The second-order valence-electron chi connectivity index (χ2n) is 6.93. The van der Waals surface area contributed by atoms with Gasteiger partial charge in [-0.05, 0) is 50.4 Å². The van der Waals surface area contributed by atoms with E-state index in [1.165, 1.54) is 70.1 Å². The van der Waals surface area contributed by atoms with E-state index in [1.54, 1.807) is 0 Å². The Morgan fingerprint density at radius 2 is 1.67 bits per heavy atom. The minimum absolute atomic E-state index is 0.762. The predicted octanol–water partition coefficient (Wildman–Crippen LogP) is 3.82. The lowest BCUT2D eigenvalue weighted by molar-refractivity contribution is 0.189. The number of rotatable bonds is 6. The maximum absolute atomic E-state index is 3.81. The maximum atomic E-state index is 3.81. The van der Waals surface area contributed by atoms with Crippen molar-refractivity contribution in [3.63, 3.8) is 0 Å². The predicted molar refractivity (Wildman–Crippen MR) is 89.3 cm³/mol. The Morgan fingerprint density at radius 3 is 2.38 bits per heavy atom. The van der Waals surface area contributed by atoms with Crippen LogP contribution in [0.1, 0.15) is 50.5 Å². The van der Waals surface area contributed by atoms with Crippen LogP contribution in [0.3, 0.4) is 0 Å². The SMILES string of the molecule is c1ccc(CN2CCC(NCCC3CCCC3)CC2)cc1. The Labute approximate surface area is 129 Å². The normalized spacial score (nSPS) is 21.9. The molecule has 1 aromatic rings. The molecule has 1 saturated carbocycles. The van der Waals surface area contributed by atoms with Gasteiger partial charge in [-0.15, -0.1) is 0 Å². The van der Waals surface area contributed by atoms with Gasteiger partial charge in [0.1, 0.15) is 0 Å². The van der Waals surface area contributed by atoms with Crippen LogP contribution in [0.4, 0.5) is 0 Å². The van der Waals surface area contributed by atoms with Crippen LogP contribution in [0.5, 0.6) is 0 Å². The summed E-state index contributed by atoms with van der Waals surface area (Å²) < 4.78 is 0. The van der Waals surface area contributed by atoms with Gasteiger partial charge in [-0.3, -0.25) is 4.90 Å². The number of nitrogens with zero attached hydrogens (tertiary/aromatic N) is 1. The summed E-state index contributed by atoms with van der Waals surface area (Å²) in [6.45, 7) is 4.86. The molecule has 1 aliphatic carbocycles. The quantitative estimate of drug-likeness (QED) is 0.855. The molecule has 3 rings (SSSR count). The lowest BCUT2D eigenvalue weighted by Gasteiger charge is -2.32. The first-order valence-electron chi connectivity index (χ1n) is 8.90. The fourth-order valence-electron chi connectivity index (χ4n) is 3.93. The molecule has 1 aliphatic heterocycles. The number of nitrogens with one attached hydrogen (secondary N) is 1. The van der Waals surface area contributed by atoms with Crippen molar-refractivity contribution in [3.8, 4) is 0 Å². The molecule has 1 N–H and O–H groups in total. The van der Waals surface area contributed by atoms with Crippen molar-refractivity contribution in [3.05, 3.63) is 35.9 Å². The molecule has 2 nitrogen and oxygen atoms in total. The Bertz CT molecular complexity index is 389. The Balaban J connectivity index is 1.31. The molecular weight excluding hydrogens is 256 g/mol. The van der Waals surface area contributed by atoms with Crippen molar-refractivity contribution in [2.24, 2.45) is 5.92 Å². The van der Waals surface area contributed by atoms with Crippen molar-refractivity contribution in [1.29, 1.82) is 0 Å². The Kier molecular flexibility index (Phi) is 5.70. The molecule has 0 amide bonds.